The fourth-order valence-corrected chi connectivity index (χ4v) is 1.27. The molecule has 0 saturated heterocycles. The Labute approximate surface area is 62.5 Å². The summed E-state index contributed by atoms with van der Waals surface area (Å²) in [5, 5.41) is 0. The van der Waals surface area contributed by atoms with Gasteiger partial charge < -0.3 is 9.47 Å². The van der Waals surface area contributed by atoms with Crippen molar-refractivity contribution in [3.8, 4) is 0 Å². The molecule has 1 aromatic rings. The van der Waals surface area contributed by atoms with Crippen LogP contribution in [0.15, 0.2) is 12.5 Å². The quantitative estimate of drug-likeness (QED) is 0.541. The van der Waals surface area contributed by atoms with Gasteiger partial charge in [0, 0.05) is 6.20 Å². The Morgan fingerprint density at radius 3 is 3.18 bits per heavy atom. The summed E-state index contributed by atoms with van der Waals surface area (Å²) in [6, 6.07) is 0. The Morgan fingerprint density at radius 1 is 1.27 bits per heavy atom. The summed E-state index contributed by atoms with van der Waals surface area (Å²) in [4.78, 5) is 7.91. The maximum Gasteiger partial charge on any atom is 0.231 e. The zero-order valence-electron chi connectivity index (χ0n) is 5.57. The van der Waals surface area contributed by atoms with Crippen molar-refractivity contribution in [2.75, 3.05) is 6.79 Å². The van der Waals surface area contributed by atoms with Gasteiger partial charge in [-0.25, -0.2) is 9.97 Å². The molecule has 0 saturated carbocycles. The molecule has 4 nitrogen and oxygen atoms in total. The molecule has 2 aliphatic rings. The summed E-state index contributed by atoms with van der Waals surface area (Å²) in [6.45, 7) is 0.307. The topological polar surface area (TPSA) is 44.2 Å². The molecule has 0 bridgehead atoms. The van der Waals surface area contributed by atoms with Crippen LogP contribution in [0, 0.1) is 0 Å². The Kier molecular flexibility index (Phi) is 0.711. The Hall–Kier alpha value is -1.58. The minimum Gasteiger partial charge on any atom is -0.453 e. The molecule has 1 aliphatic carbocycles. The molecule has 0 fully saturated rings. The lowest BCUT2D eigenvalue weighted by Gasteiger charge is -2.14. The number of fused-ring (bicyclic) bond motifs is 3. The SMILES string of the molecule is c1ncc2c(n1)C1=C2OCO1. The number of aromatic nitrogens is 2. The van der Waals surface area contributed by atoms with E-state index in [1.807, 2.05) is 0 Å². The van der Waals surface area contributed by atoms with Gasteiger partial charge in [-0.05, 0) is 0 Å². The molecule has 3 rings (SSSR count). The first-order chi connectivity index (χ1) is 5.47. The highest BCUT2D eigenvalue weighted by atomic mass is 16.7. The first-order valence-electron chi connectivity index (χ1n) is 3.27. The minimum atomic E-state index is 0.307. The molecular formula is C7H4N2O2. The second kappa shape index (κ2) is 1.53. The Morgan fingerprint density at radius 2 is 2.18 bits per heavy atom. The summed E-state index contributed by atoms with van der Waals surface area (Å²) in [6.07, 6.45) is 3.24. The summed E-state index contributed by atoms with van der Waals surface area (Å²) >= 11 is 0. The predicted octanol–water partition coefficient (Wildman–Crippen LogP) is 0.620. The average Bonchev–Trinajstić information content (AvgIpc) is 2.44. The van der Waals surface area contributed by atoms with E-state index in [-0.39, 0.29) is 0 Å². The van der Waals surface area contributed by atoms with E-state index >= 15 is 0 Å². The van der Waals surface area contributed by atoms with Crippen molar-refractivity contribution in [1.82, 2.24) is 9.97 Å². The van der Waals surface area contributed by atoms with E-state index < -0.39 is 0 Å². The number of hydrogen-bond donors (Lipinski definition) is 0. The molecular weight excluding hydrogens is 144 g/mol. The van der Waals surface area contributed by atoms with Crippen LogP contribution < -0.4 is 0 Å². The molecule has 2 heterocycles. The zero-order valence-corrected chi connectivity index (χ0v) is 5.57. The van der Waals surface area contributed by atoms with E-state index in [4.69, 9.17) is 9.47 Å². The van der Waals surface area contributed by atoms with E-state index in [2.05, 4.69) is 9.97 Å². The third-order valence-corrected chi connectivity index (χ3v) is 1.78. The third kappa shape index (κ3) is 0.462. The van der Waals surface area contributed by atoms with Gasteiger partial charge in [0.05, 0.1) is 5.56 Å². The van der Waals surface area contributed by atoms with Gasteiger partial charge in [-0.3, -0.25) is 0 Å². The van der Waals surface area contributed by atoms with Crippen molar-refractivity contribution in [1.29, 1.82) is 0 Å². The highest BCUT2D eigenvalue weighted by Crippen LogP contribution is 2.43. The third-order valence-electron chi connectivity index (χ3n) is 1.78. The van der Waals surface area contributed by atoms with Gasteiger partial charge in [0.15, 0.2) is 11.5 Å². The Balaban J connectivity index is 2.21. The van der Waals surface area contributed by atoms with Crippen molar-refractivity contribution >= 4 is 11.5 Å². The second-order valence-electron chi connectivity index (χ2n) is 2.35. The second-order valence-corrected chi connectivity index (χ2v) is 2.35. The lowest BCUT2D eigenvalue weighted by molar-refractivity contribution is 0.113. The van der Waals surface area contributed by atoms with E-state index in [9.17, 15) is 0 Å². The maximum atomic E-state index is 5.16. The molecule has 0 N–H and O–H groups in total. The summed E-state index contributed by atoms with van der Waals surface area (Å²) in [7, 11) is 0. The van der Waals surface area contributed by atoms with Crippen molar-refractivity contribution in [2.45, 2.75) is 0 Å². The molecule has 0 radical (unpaired) electrons. The monoisotopic (exact) mass is 148 g/mol. The van der Waals surface area contributed by atoms with Crippen molar-refractivity contribution in [2.24, 2.45) is 0 Å². The van der Waals surface area contributed by atoms with E-state index in [0.717, 1.165) is 22.8 Å². The van der Waals surface area contributed by atoms with Crippen LogP contribution in [0.3, 0.4) is 0 Å². The zero-order chi connectivity index (χ0) is 7.26. The van der Waals surface area contributed by atoms with Crippen LogP contribution in [0.4, 0.5) is 0 Å². The fraction of sp³-hybridized carbons (Fsp3) is 0.143. The van der Waals surface area contributed by atoms with Gasteiger partial charge in [-0.2, -0.15) is 0 Å². The maximum absolute atomic E-state index is 5.16. The van der Waals surface area contributed by atoms with Crippen LogP contribution in [-0.4, -0.2) is 16.8 Å². The molecule has 1 aromatic heterocycles. The van der Waals surface area contributed by atoms with E-state index in [1.165, 1.54) is 6.33 Å². The van der Waals surface area contributed by atoms with Gasteiger partial charge in [-0.1, -0.05) is 0 Å². The molecule has 0 spiro atoms. The highest BCUT2D eigenvalue weighted by molar-refractivity contribution is 5.97. The minimum absolute atomic E-state index is 0.307. The summed E-state index contributed by atoms with van der Waals surface area (Å²) in [5.74, 6) is 1.59. The van der Waals surface area contributed by atoms with Gasteiger partial charge >= 0.3 is 0 Å². The van der Waals surface area contributed by atoms with E-state index in [0.29, 0.717) is 6.79 Å². The van der Waals surface area contributed by atoms with Crippen molar-refractivity contribution in [3.05, 3.63) is 23.8 Å². The molecule has 0 atom stereocenters. The van der Waals surface area contributed by atoms with Crippen molar-refractivity contribution in [3.63, 3.8) is 0 Å². The van der Waals surface area contributed by atoms with Crippen LogP contribution in [-0.2, 0) is 9.47 Å². The number of ether oxygens (including phenoxy) is 2. The van der Waals surface area contributed by atoms with Gasteiger partial charge in [-0.15, -0.1) is 0 Å². The highest BCUT2D eigenvalue weighted by Gasteiger charge is 2.35. The first-order valence-corrected chi connectivity index (χ1v) is 3.27. The lowest BCUT2D eigenvalue weighted by atomic mass is 10.0. The number of rotatable bonds is 0. The van der Waals surface area contributed by atoms with Gasteiger partial charge in [0.1, 0.15) is 12.0 Å². The molecule has 1 aliphatic heterocycles. The van der Waals surface area contributed by atoms with Crippen LogP contribution >= 0.6 is 0 Å². The van der Waals surface area contributed by atoms with Gasteiger partial charge in [0.2, 0.25) is 6.79 Å². The average molecular weight is 148 g/mol. The van der Waals surface area contributed by atoms with E-state index in [1.54, 1.807) is 6.20 Å². The van der Waals surface area contributed by atoms with Crippen LogP contribution in [0.2, 0.25) is 0 Å². The summed E-state index contributed by atoms with van der Waals surface area (Å²) < 4.78 is 10.3. The summed E-state index contributed by atoms with van der Waals surface area (Å²) in [5.41, 5.74) is 1.83. The molecule has 4 heteroatoms. The first kappa shape index (κ1) is 5.12. The van der Waals surface area contributed by atoms with Crippen LogP contribution in [0.25, 0.3) is 11.5 Å². The normalized spacial score (nSPS) is 17.8. The molecule has 0 aromatic carbocycles. The smallest absolute Gasteiger partial charge is 0.231 e. The standard InChI is InChI=1S/C7H4N2O2/c1-4-5(9-2-8-1)7-6(4)10-3-11-7/h1-2H,3H2. The molecule has 11 heavy (non-hydrogen) atoms. The predicted molar refractivity (Wildman–Crippen MR) is 35.9 cm³/mol. The molecule has 0 amide bonds. The van der Waals surface area contributed by atoms with Crippen LogP contribution in [0.5, 0.6) is 0 Å². The Bertz CT molecular complexity index is 326. The number of nitrogens with zero attached hydrogens (tertiary/aromatic N) is 2. The van der Waals surface area contributed by atoms with Crippen LogP contribution in [0.1, 0.15) is 11.3 Å². The van der Waals surface area contributed by atoms with Crippen molar-refractivity contribution < 1.29 is 9.47 Å². The fourth-order valence-electron chi connectivity index (χ4n) is 1.27. The lowest BCUT2D eigenvalue weighted by Crippen LogP contribution is -2.06. The van der Waals surface area contributed by atoms with Gasteiger partial charge in [0.25, 0.3) is 0 Å². The molecule has 0 unspecified atom stereocenters. The largest absolute Gasteiger partial charge is 0.453 e. The molecule has 54 valence electrons. The number of hydrogen-bond acceptors (Lipinski definition) is 4.